The number of thiol groups is 1. The molecule has 1 aliphatic rings. The van der Waals surface area contributed by atoms with Gasteiger partial charge in [-0.2, -0.15) is 0 Å². The maximum atomic E-state index is 12.2. The number of nitrogens with zero attached hydrogens (tertiary/aromatic N) is 1. The molecule has 2 rings (SSSR count). The lowest BCUT2D eigenvalue weighted by Crippen LogP contribution is -2.35. The second-order valence-corrected chi connectivity index (χ2v) is 5.01. The molecule has 0 saturated heterocycles. The van der Waals surface area contributed by atoms with E-state index >= 15 is 0 Å². The van der Waals surface area contributed by atoms with E-state index in [-0.39, 0.29) is 24.2 Å². The molecule has 1 amide bonds. The van der Waals surface area contributed by atoms with Crippen LogP contribution in [0.2, 0.25) is 0 Å². The van der Waals surface area contributed by atoms with Crippen LogP contribution in [-0.2, 0) is 14.3 Å². The van der Waals surface area contributed by atoms with Crippen LogP contribution in [0.1, 0.15) is 24.8 Å². The summed E-state index contributed by atoms with van der Waals surface area (Å²) < 4.78 is 6.18. The fraction of sp³-hybridized carbons (Fsp3) is 0.333. The van der Waals surface area contributed by atoms with Gasteiger partial charge in [0.1, 0.15) is 0 Å². The van der Waals surface area contributed by atoms with Crippen LogP contribution in [0.25, 0.3) is 0 Å². The van der Waals surface area contributed by atoms with E-state index in [1.54, 1.807) is 13.1 Å². The first kappa shape index (κ1) is 14.7. The Balaban J connectivity index is 2.25. The highest BCUT2D eigenvalue weighted by molar-refractivity contribution is 7.78. The summed E-state index contributed by atoms with van der Waals surface area (Å²) in [4.78, 5) is 23.9. The van der Waals surface area contributed by atoms with Crippen LogP contribution in [-0.4, -0.2) is 22.8 Å². The van der Waals surface area contributed by atoms with E-state index in [9.17, 15) is 9.59 Å². The maximum absolute atomic E-state index is 12.2. The molecule has 20 heavy (non-hydrogen) atoms. The quantitative estimate of drug-likeness (QED) is 0.685. The number of hydrogen-bond donors (Lipinski definition) is 1. The van der Waals surface area contributed by atoms with Crippen molar-refractivity contribution in [3.63, 3.8) is 0 Å². The number of carbonyl (C=O) groups is 2. The first-order valence-corrected chi connectivity index (χ1v) is 6.94. The lowest BCUT2D eigenvalue weighted by atomic mass is 9.82. The van der Waals surface area contributed by atoms with Gasteiger partial charge in [0.05, 0.1) is 18.9 Å². The molecular formula is C15H17NO3S. The molecule has 0 fully saturated rings. The van der Waals surface area contributed by atoms with Crippen molar-refractivity contribution in [2.24, 2.45) is 5.92 Å². The molecule has 1 aromatic rings. The van der Waals surface area contributed by atoms with Gasteiger partial charge in [0.15, 0.2) is 0 Å². The predicted molar refractivity (Wildman–Crippen MR) is 78.9 cm³/mol. The first-order valence-electron chi connectivity index (χ1n) is 6.54. The van der Waals surface area contributed by atoms with Gasteiger partial charge in [-0.15, -0.1) is 0 Å². The third-order valence-electron chi connectivity index (χ3n) is 3.29. The van der Waals surface area contributed by atoms with E-state index in [0.717, 1.165) is 5.56 Å². The monoisotopic (exact) mass is 291 g/mol. The zero-order valence-corrected chi connectivity index (χ0v) is 12.1. The van der Waals surface area contributed by atoms with E-state index in [2.05, 4.69) is 12.8 Å². The molecule has 1 aliphatic heterocycles. The Morgan fingerprint density at radius 3 is 2.70 bits per heavy atom. The molecule has 0 bridgehead atoms. The topological polar surface area (TPSA) is 46.6 Å². The average molecular weight is 291 g/mol. The number of esters is 1. The second-order valence-electron chi connectivity index (χ2n) is 4.58. The van der Waals surface area contributed by atoms with Crippen LogP contribution in [0, 0.1) is 5.92 Å². The number of carbonyl (C=O) groups excluding carboxylic acids is 2. The Morgan fingerprint density at radius 2 is 2.05 bits per heavy atom. The highest BCUT2D eigenvalue weighted by Gasteiger charge is 2.35. The Kier molecular flexibility index (Phi) is 4.84. The van der Waals surface area contributed by atoms with Gasteiger partial charge in [-0.1, -0.05) is 49.2 Å². The van der Waals surface area contributed by atoms with Crippen molar-refractivity contribution in [1.29, 1.82) is 0 Å². The predicted octanol–water partition coefficient (Wildman–Crippen LogP) is 2.54. The zero-order valence-electron chi connectivity index (χ0n) is 11.2. The minimum absolute atomic E-state index is 0.0631. The zero-order chi connectivity index (χ0) is 14.5. The van der Waals surface area contributed by atoms with Crippen LogP contribution >= 0.6 is 12.8 Å². The summed E-state index contributed by atoms with van der Waals surface area (Å²) >= 11 is 4.09. The van der Waals surface area contributed by atoms with Gasteiger partial charge in [0, 0.05) is 12.1 Å². The molecule has 0 unspecified atom stereocenters. The van der Waals surface area contributed by atoms with Gasteiger partial charge in [0.25, 0.3) is 0 Å². The largest absolute Gasteiger partial charge is 0.466 e. The van der Waals surface area contributed by atoms with Crippen molar-refractivity contribution in [2.45, 2.75) is 19.3 Å². The fourth-order valence-electron chi connectivity index (χ4n) is 2.34. The van der Waals surface area contributed by atoms with E-state index in [1.165, 1.54) is 4.31 Å². The molecule has 0 N–H and O–H groups in total. The van der Waals surface area contributed by atoms with E-state index in [1.807, 2.05) is 36.4 Å². The van der Waals surface area contributed by atoms with E-state index in [4.69, 9.17) is 4.74 Å². The minimum Gasteiger partial charge on any atom is -0.466 e. The average Bonchev–Trinajstić information content (AvgIpc) is 2.45. The third-order valence-corrected chi connectivity index (χ3v) is 3.62. The highest BCUT2D eigenvalue weighted by Crippen LogP contribution is 2.34. The first-order chi connectivity index (χ1) is 9.63. The summed E-state index contributed by atoms with van der Waals surface area (Å²) in [7, 11) is 0. The van der Waals surface area contributed by atoms with Crippen molar-refractivity contribution in [2.75, 3.05) is 6.61 Å². The molecule has 4 nitrogen and oxygen atoms in total. The van der Waals surface area contributed by atoms with Crippen LogP contribution in [0.5, 0.6) is 0 Å². The SMILES string of the molecule is CCOC(=O)C[C@@H]1C(=O)N(S)C=C[C@@H]1c1ccccc1. The number of amides is 1. The van der Waals surface area contributed by atoms with E-state index in [0.29, 0.717) is 6.61 Å². The van der Waals surface area contributed by atoms with Crippen LogP contribution in [0.15, 0.2) is 42.6 Å². The number of hydrogen-bond acceptors (Lipinski definition) is 4. The Hall–Kier alpha value is -1.75. The second kappa shape index (κ2) is 6.61. The van der Waals surface area contributed by atoms with Crippen LogP contribution in [0.3, 0.4) is 0 Å². The molecule has 0 radical (unpaired) electrons. The number of ether oxygens (including phenoxy) is 1. The van der Waals surface area contributed by atoms with Crippen molar-refractivity contribution in [1.82, 2.24) is 4.31 Å². The Bertz CT molecular complexity index is 515. The number of allylic oxidation sites excluding steroid dienone is 1. The summed E-state index contributed by atoms with van der Waals surface area (Å²) in [5.74, 6) is -1.14. The van der Waals surface area contributed by atoms with Crippen molar-refractivity contribution < 1.29 is 14.3 Å². The molecule has 2 atom stereocenters. The molecule has 1 aromatic carbocycles. The molecule has 0 aromatic heterocycles. The molecule has 0 aliphatic carbocycles. The normalized spacial score (nSPS) is 21.9. The standard InChI is InChI=1S/C15H17NO3S/c1-2-19-14(17)10-13-12(8-9-16(20)15(13)18)11-6-4-3-5-7-11/h3-9,12-13,20H,2,10H2,1H3/t12-,13+/m1/s1. The molecule has 1 heterocycles. The van der Waals surface area contributed by atoms with Gasteiger partial charge in [0.2, 0.25) is 5.91 Å². The Labute approximate surface area is 124 Å². The summed E-state index contributed by atoms with van der Waals surface area (Å²) in [6.07, 6.45) is 3.59. The number of rotatable bonds is 4. The summed E-state index contributed by atoms with van der Waals surface area (Å²) in [6, 6.07) is 9.66. The van der Waals surface area contributed by atoms with Crippen molar-refractivity contribution >= 4 is 24.7 Å². The lowest BCUT2D eigenvalue weighted by Gasteiger charge is -2.30. The fourth-order valence-corrected chi connectivity index (χ4v) is 2.56. The molecule has 106 valence electrons. The molecule has 5 heteroatoms. The third kappa shape index (κ3) is 3.22. The van der Waals surface area contributed by atoms with Crippen LogP contribution < -0.4 is 0 Å². The van der Waals surface area contributed by atoms with E-state index < -0.39 is 5.92 Å². The van der Waals surface area contributed by atoms with Gasteiger partial charge < -0.3 is 4.74 Å². The summed E-state index contributed by atoms with van der Waals surface area (Å²) in [5.41, 5.74) is 1.01. The maximum Gasteiger partial charge on any atom is 0.306 e. The van der Waals surface area contributed by atoms with Crippen molar-refractivity contribution in [3.05, 3.63) is 48.2 Å². The summed E-state index contributed by atoms with van der Waals surface area (Å²) in [6.45, 7) is 2.07. The lowest BCUT2D eigenvalue weighted by molar-refractivity contribution is -0.147. The molecular weight excluding hydrogens is 274 g/mol. The molecule has 0 spiro atoms. The Morgan fingerprint density at radius 1 is 1.35 bits per heavy atom. The van der Waals surface area contributed by atoms with Gasteiger partial charge in [-0.25, -0.2) is 0 Å². The number of benzene rings is 1. The summed E-state index contributed by atoms with van der Waals surface area (Å²) in [5, 5.41) is 0. The highest BCUT2D eigenvalue weighted by atomic mass is 32.1. The van der Waals surface area contributed by atoms with Gasteiger partial charge in [-0.3, -0.25) is 13.9 Å². The van der Waals surface area contributed by atoms with Crippen LogP contribution in [0.4, 0.5) is 0 Å². The smallest absolute Gasteiger partial charge is 0.306 e. The van der Waals surface area contributed by atoms with Gasteiger partial charge >= 0.3 is 5.97 Å². The minimum atomic E-state index is -0.473. The van der Waals surface area contributed by atoms with Crippen molar-refractivity contribution in [3.8, 4) is 0 Å². The molecule has 0 saturated carbocycles. The van der Waals surface area contributed by atoms with Gasteiger partial charge in [-0.05, 0) is 12.5 Å².